The van der Waals surface area contributed by atoms with Gasteiger partial charge in [0, 0.05) is 37.5 Å². The van der Waals surface area contributed by atoms with Crippen molar-refractivity contribution < 1.29 is 9.90 Å². The summed E-state index contributed by atoms with van der Waals surface area (Å²) in [4.78, 5) is 22.9. The zero-order valence-corrected chi connectivity index (χ0v) is 20.3. The number of aromatic nitrogens is 3. The van der Waals surface area contributed by atoms with Crippen LogP contribution >= 0.6 is 0 Å². The fraction of sp³-hybridized carbons (Fsp3) is 0.393. The smallest absolute Gasteiger partial charge is 0.258 e. The minimum atomic E-state index is -0.147. The van der Waals surface area contributed by atoms with Crippen molar-refractivity contribution in [3.8, 4) is 5.75 Å². The summed E-state index contributed by atoms with van der Waals surface area (Å²) in [6, 6.07) is 13.2. The number of amides is 1. The van der Waals surface area contributed by atoms with Gasteiger partial charge in [0.05, 0.1) is 17.3 Å². The van der Waals surface area contributed by atoms with Crippen LogP contribution in [-0.4, -0.2) is 50.1 Å². The lowest BCUT2D eigenvalue weighted by Crippen LogP contribution is -2.38. The highest BCUT2D eigenvalue weighted by atomic mass is 16.3. The number of piperidine rings is 1. The van der Waals surface area contributed by atoms with E-state index in [1.807, 2.05) is 45.9 Å². The van der Waals surface area contributed by atoms with Gasteiger partial charge in [-0.1, -0.05) is 31.2 Å². The van der Waals surface area contributed by atoms with Crippen molar-refractivity contribution in [2.75, 3.05) is 24.5 Å². The van der Waals surface area contributed by atoms with Crippen molar-refractivity contribution in [1.82, 2.24) is 19.5 Å². The Hall–Kier alpha value is -3.61. The lowest BCUT2D eigenvalue weighted by molar-refractivity contribution is 0.0603. The number of phenols is 1. The first kappa shape index (κ1) is 21.9. The average Bonchev–Trinajstić information content (AvgIpc) is 3.48. The molecule has 180 valence electrons. The van der Waals surface area contributed by atoms with Gasteiger partial charge in [0.25, 0.3) is 5.91 Å². The minimum Gasteiger partial charge on any atom is -0.507 e. The molecule has 4 aromatic rings. The van der Waals surface area contributed by atoms with Gasteiger partial charge in [0.15, 0.2) is 5.65 Å². The Kier molecular flexibility index (Phi) is 5.35. The number of nitrogens with zero attached hydrogens (tertiary/aromatic N) is 5. The number of carbonyl (C=O) groups excluding carboxylic acids is 1. The molecule has 2 aliphatic rings. The van der Waals surface area contributed by atoms with E-state index in [2.05, 4.69) is 18.7 Å². The molecule has 0 spiro atoms. The first-order valence-electron chi connectivity index (χ1n) is 12.6. The number of carbonyl (C=O) groups is 1. The molecule has 35 heavy (non-hydrogen) atoms. The van der Waals surface area contributed by atoms with Gasteiger partial charge in [-0.15, -0.1) is 0 Å². The molecular weight excluding hydrogens is 438 g/mol. The summed E-state index contributed by atoms with van der Waals surface area (Å²) in [6.45, 7) is 7.09. The lowest BCUT2D eigenvalue weighted by Gasteiger charge is -2.35. The van der Waals surface area contributed by atoms with Crippen LogP contribution in [-0.2, 0) is 0 Å². The van der Waals surface area contributed by atoms with Crippen molar-refractivity contribution >= 4 is 28.1 Å². The summed E-state index contributed by atoms with van der Waals surface area (Å²) < 4.78 is 1.85. The Balaban J connectivity index is 1.34. The average molecular weight is 470 g/mol. The fourth-order valence-electron chi connectivity index (χ4n) is 5.67. The second kappa shape index (κ2) is 8.56. The predicted octanol–water partition coefficient (Wildman–Crippen LogP) is 5.11. The number of aryl methyl sites for hydroxylation is 1. The van der Waals surface area contributed by atoms with E-state index < -0.39 is 0 Å². The van der Waals surface area contributed by atoms with Gasteiger partial charge in [0.1, 0.15) is 11.6 Å². The molecule has 1 N–H and O–H groups in total. The largest absolute Gasteiger partial charge is 0.507 e. The highest BCUT2D eigenvalue weighted by Crippen LogP contribution is 2.35. The first-order valence-corrected chi connectivity index (χ1v) is 12.6. The van der Waals surface area contributed by atoms with E-state index in [4.69, 9.17) is 10.1 Å². The number of likely N-dealkylation sites (tertiary alicyclic amines) is 1. The second-order valence-corrected chi connectivity index (χ2v) is 10.2. The fourth-order valence-corrected chi connectivity index (χ4v) is 5.67. The van der Waals surface area contributed by atoms with Crippen LogP contribution in [0.1, 0.15) is 60.3 Å². The lowest BCUT2D eigenvalue weighted by atomic mass is 9.97. The van der Waals surface area contributed by atoms with E-state index in [9.17, 15) is 9.90 Å². The zero-order valence-electron chi connectivity index (χ0n) is 20.3. The van der Waals surface area contributed by atoms with Gasteiger partial charge < -0.3 is 14.9 Å². The zero-order chi connectivity index (χ0) is 24.1. The summed E-state index contributed by atoms with van der Waals surface area (Å²) in [6.07, 6.45) is 6.07. The van der Waals surface area contributed by atoms with Crippen LogP contribution in [0, 0.1) is 12.8 Å². The summed E-state index contributed by atoms with van der Waals surface area (Å²) in [5.41, 5.74) is 3.13. The van der Waals surface area contributed by atoms with Crippen LogP contribution in [0.2, 0.25) is 0 Å². The Morgan fingerprint density at radius 1 is 1.06 bits per heavy atom. The molecule has 4 heterocycles. The molecule has 2 fully saturated rings. The summed E-state index contributed by atoms with van der Waals surface area (Å²) in [5.74, 6) is 1.59. The van der Waals surface area contributed by atoms with Gasteiger partial charge in [-0.25, -0.2) is 9.50 Å². The molecule has 0 aliphatic carbocycles. The number of hydrogen-bond donors (Lipinski definition) is 1. The SMILES string of the molecule is Cc1cn2nc([C@@H]3CCCCN3C(=O)c3cc4ccccc4cc3O)cc2nc1N1CC[C@H](C)C1. The van der Waals surface area contributed by atoms with Crippen LogP contribution < -0.4 is 4.90 Å². The van der Waals surface area contributed by atoms with Gasteiger partial charge in [-0.3, -0.25) is 4.79 Å². The number of anilines is 1. The molecule has 2 aliphatic heterocycles. The first-order chi connectivity index (χ1) is 17.0. The second-order valence-electron chi connectivity index (χ2n) is 10.2. The monoisotopic (exact) mass is 469 g/mol. The third-order valence-corrected chi connectivity index (χ3v) is 7.55. The molecule has 0 unspecified atom stereocenters. The Morgan fingerprint density at radius 2 is 1.86 bits per heavy atom. The number of phenolic OH excluding ortho intramolecular Hbond substituents is 1. The quantitative estimate of drug-likeness (QED) is 0.451. The maximum atomic E-state index is 13.7. The van der Waals surface area contributed by atoms with E-state index in [0.29, 0.717) is 18.0 Å². The van der Waals surface area contributed by atoms with Gasteiger partial charge in [-0.2, -0.15) is 5.10 Å². The van der Waals surface area contributed by atoms with Crippen LogP contribution in [0.5, 0.6) is 5.75 Å². The molecule has 2 aromatic heterocycles. The number of fused-ring (bicyclic) bond motifs is 2. The topological polar surface area (TPSA) is 74.0 Å². The van der Waals surface area contributed by atoms with Crippen LogP contribution in [0.3, 0.4) is 0 Å². The van der Waals surface area contributed by atoms with Gasteiger partial charge in [0.2, 0.25) is 0 Å². The highest BCUT2D eigenvalue weighted by Gasteiger charge is 2.32. The molecule has 2 atom stereocenters. The molecule has 2 saturated heterocycles. The number of rotatable bonds is 3. The summed E-state index contributed by atoms with van der Waals surface area (Å²) >= 11 is 0. The van der Waals surface area contributed by atoms with Crippen LogP contribution in [0.25, 0.3) is 16.4 Å². The predicted molar refractivity (Wildman–Crippen MR) is 137 cm³/mol. The molecule has 7 nitrogen and oxygen atoms in total. The maximum Gasteiger partial charge on any atom is 0.258 e. The van der Waals surface area contributed by atoms with Crippen LogP contribution in [0.4, 0.5) is 5.82 Å². The Bertz CT molecular complexity index is 1430. The molecule has 0 radical (unpaired) electrons. The van der Waals surface area contributed by atoms with Crippen LogP contribution in [0.15, 0.2) is 48.7 Å². The molecular formula is C28H31N5O2. The van der Waals surface area contributed by atoms with E-state index in [-0.39, 0.29) is 17.7 Å². The number of aromatic hydroxyl groups is 1. The highest BCUT2D eigenvalue weighted by molar-refractivity contribution is 6.01. The summed E-state index contributed by atoms with van der Waals surface area (Å²) in [5, 5.41) is 17.4. The van der Waals surface area contributed by atoms with Crippen molar-refractivity contribution in [1.29, 1.82) is 0 Å². The number of hydrogen-bond acceptors (Lipinski definition) is 5. The molecule has 7 heteroatoms. The maximum absolute atomic E-state index is 13.7. The van der Waals surface area contributed by atoms with E-state index >= 15 is 0 Å². The van der Waals surface area contributed by atoms with Crippen molar-refractivity contribution in [3.63, 3.8) is 0 Å². The van der Waals surface area contributed by atoms with E-state index in [0.717, 1.165) is 65.8 Å². The molecule has 2 aromatic carbocycles. The number of benzene rings is 2. The molecule has 0 saturated carbocycles. The Labute approximate surface area is 205 Å². The van der Waals surface area contributed by atoms with Crippen molar-refractivity contribution in [2.45, 2.75) is 45.6 Å². The van der Waals surface area contributed by atoms with Crippen molar-refractivity contribution in [2.24, 2.45) is 5.92 Å². The standard InChI is InChI=1S/C28H31N5O2/c1-18-10-12-31(16-18)27-19(2)17-33-26(29-27)15-23(30-33)24-9-5-6-11-32(24)28(35)22-13-20-7-3-4-8-21(20)14-25(22)34/h3-4,7-8,13-15,17-18,24,34H,5-6,9-12,16H2,1-2H3/t18-,24-/m0/s1. The van der Waals surface area contributed by atoms with Gasteiger partial charge >= 0.3 is 0 Å². The molecule has 1 amide bonds. The third-order valence-electron chi connectivity index (χ3n) is 7.55. The van der Waals surface area contributed by atoms with E-state index in [1.165, 1.54) is 6.42 Å². The van der Waals surface area contributed by atoms with E-state index in [1.54, 1.807) is 12.1 Å². The van der Waals surface area contributed by atoms with Gasteiger partial charge in [-0.05, 0) is 61.4 Å². The Morgan fingerprint density at radius 3 is 2.63 bits per heavy atom. The van der Waals surface area contributed by atoms with Crippen molar-refractivity contribution in [3.05, 3.63) is 65.5 Å². The minimum absolute atomic E-state index is 0.0230. The molecule has 0 bridgehead atoms. The third kappa shape index (κ3) is 3.89. The normalized spacial score (nSPS) is 20.7. The molecule has 6 rings (SSSR count). The summed E-state index contributed by atoms with van der Waals surface area (Å²) in [7, 11) is 0.